The number of fused-ring (bicyclic) bond motifs is 2. The third-order valence-electron chi connectivity index (χ3n) is 8.11. The number of nitrogens with one attached hydrogen (secondary N) is 1. The molecule has 5 heterocycles. The van der Waals surface area contributed by atoms with Gasteiger partial charge in [0.25, 0.3) is 0 Å². The van der Waals surface area contributed by atoms with Crippen molar-refractivity contribution in [3.8, 4) is 28.1 Å². The van der Waals surface area contributed by atoms with Crippen LogP contribution in [0.25, 0.3) is 33.4 Å². The maximum absolute atomic E-state index is 15.7. The number of anilines is 1. The number of benzene rings is 1. The largest absolute Gasteiger partial charge is 0.490 e. The number of carboxylic acids is 1. The smallest absolute Gasteiger partial charge is 0.337 e. The van der Waals surface area contributed by atoms with E-state index in [0.717, 1.165) is 34.6 Å². The molecule has 0 radical (unpaired) electrons. The molecule has 3 aromatic heterocycles. The van der Waals surface area contributed by atoms with Crippen LogP contribution < -0.4 is 10.1 Å². The lowest BCUT2D eigenvalue weighted by Gasteiger charge is -2.29. The Morgan fingerprint density at radius 3 is 2.67 bits per heavy atom. The van der Waals surface area contributed by atoms with Crippen LogP contribution >= 0.6 is 0 Å². The average molecular weight is 589 g/mol. The van der Waals surface area contributed by atoms with Gasteiger partial charge in [0.15, 0.2) is 17.7 Å². The number of nitrogens with zero attached hydrogens (tertiary/aromatic N) is 3. The molecule has 1 atom stereocenters. The van der Waals surface area contributed by atoms with Crippen LogP contribution in [0.5, 0.6) is 5.75 Å². The molecule has 1 fully saturated rings. The van der Waals surface area contributed by atoms with Gasteiger partial charge in [-0.15, -0.1) is 0 Å². The number of aryl methyl sites for hydroxylation is 2. The van der Waals surface area contributed by atoms with Crippen molar-refractivity contribution < 1.29 is 28.5 Å². The number of pyridine rings is 2. The third-order valence-corrected chi connectivity index (χ3v) is 8.11. The fourth-order valence-electron chi connectivity index (χ4n) is 6.05. The first-order valence-corrected chi connectivity index (χ1v) is 14.6. The van der Waals surface area contributed by atoms with Crippen LogP contribution in [-0.2, 0) is 27.7 Å². The molecule has 0 amide bonds. The highest BCUT2D eigenvalue weighted by Crippen LogP contribution is 2.45. The van der Waals surface area contributed by atoms with Gasteiger partial charge in [-0.25, -0.2) is 19.2 Å². The second-order valence-electron chi connectivity index (χ2n) is 12.4. The molecule has 43 heavy (non-hydrogen) atoms. The zero-order valence-corrected chi connectivity index (χ0v) is 25.4. The molecule has 4 aromatic rings. The van der Waals surface area contributed by atoms with Gasteiger partial charge in [-0.05, 0) is 82.9 Å². The molecule has 0 bridgehead atoms. The highest BCUT2D eigenvalue weighted by Gasteiger charge is 2.34. The number of aliphatic carboxylic acids is 1. The first-order valence-electron chi connectivity index (χ1n) is 14.6. The van der Waals surface area contributed by atoms with Crippen molar-refractivity contribution in [1.82, 2.24) is 14.5 Å². The van der Waals surface area contributed by atoms with Crippen LogP contribution in [0, 0.1) is 19.7 Å². The lowest BCUT2D eigenvalue weighted by atomic mass is 9.86. The quantitative estimate of drug-likeness (QED) is 0.265. The predicted octanol–water partition coefficient (Wildman–Crippen LogP) is 6.13. The van der Waals surface area contributed by atoms with E-state index in [1.165, 1.54) is 6.07 Å². The van der Waals surface area contributed by atoms with Gasteiger partial charge in [-0.3, -0.25) is 0 Å². The van der Waals surface area contributed by atoms with Crippen LogP contribution in [-0.4, -0.2) is 57.1 Å². The molecular formula is C33H37FN4O5. The maximum atomic E-state index is 15.7. The molecule has 9 nitrogen and oxygen atoms in total. The normalized spacial score (nSPS) is 16.0. The van der Waals surface area contributed by atoms with Gasteiger partial charge in [0, 0.05) is 46.6 Å². The Bertz CT molecular complexity index is 1740. The highest BCUT2D eigenvalue weighted by atomic mass is 19.1. The Hall–Kier alpha value is -4.02. The summed E-state index contributed by atoms with van der Waals surface area (Å²) in [6.45, 7) is 10.9. The van der Waals surface area contributed by atoms with Crippen LogP contribution in [0.3, 0.4) is 0 Å². The van der Waals surface area contributed by atoms with Gasteiger partial charge < -0.3 is 29.2 Å². The summed E-state index contributed by atoms with van der Waals surface area (Å²) in [5, 5.41) is 14.6. The highest BCUT2D eigenvalue weighted by molar-refractivity contribution is 6.01. The fourth-order valence-corrected chi connectivity index (χ4v) is 6.05. The Labute approximate surface area is 250 Å². The molecule has 2 aliphatic rings. The molecule has 2 aliphatic heterocycles. The number of ether oxygens (including phenoxy) is 3. The number of aromatic nitrogens is 3. The Morgan fingerprint density at radius 1 is 1.23 bits per heavy atom. The number of rotatable bonds is 7. The number of halogens is 1. The van der Waals surface area contributed by atoms with E-state index in [4.69, 9.17) is 19.2 Å². The van der Waals surface area contributed by atoms with Gasteiger partial charge in [-0.2, -0.15) is 0 Å². The van der Waals surface area contributed by atoms with E-state index in [1.807, 2.05) is 57.5 Å². The van der Waals surface area contributed by atoms with E-state index in [9.17, 15) is 9.90 Å². The van der Waals surface area contributed by atoms with Gasteiger partial charge >= 0.3 is 5.97 Å². The van der Waals surface area contributed by atoms with Gasteiger partial charge in [0.05, 0.1) is 37.2 Å². The maximum Gasteiger partial charge on any atom is 0.337 e. The van der Waals surface area contributed by atoms with Crippen molar-refractivity contribution in [3.05, 3.63) is 58.7 Å². The van der Waals surface area contributed by atoms with Gasteiger partial charge in [-0.1, -0.05) is 0 Å². The number of carboxylic acid groups (broad SMARTS) is 1. The molecule has 0 spiro atoms. The van der Waals surface area contributed by atoms with Crippen LogP contribution in [0.2, 0.25) is 0 Å². The van der Waals surface area contributed by atoms with Gasteiger partial charge in [0.2, 0.25) is 0 Å². The van der Waals surface area contributed by atoms with Crippen LogP contribution in [0.1, 0.15) is 55.7 Å². The molecule has 6 rings (SSSR count). The van der Waals surface area contributed by atoms with E-state index in [-0.39, 0.29) is 11.8 Å². The summed E-state index contributed by atoms with van der Waals surface area (Å²) in [5.41, 5.74) is 5.44. The minimum Gasteiger partial charge on any atom is -0.490 e. The zero-order chi connectivity index (χ0) is 30.6. The summed E-state index contributed by atoms with van der Waals surface area (Å²) < 4.78 is 34.8. The lowest BCUT2D eigenvalue weighted by Crippen LogP contribution is -2.40. The lowest BCUT2D eigenvalue weighted by molar-refractivity contribution is -0.160. The standard InChI is InChI=1S/C33H37FN4O5/c1-17-21-8-7-11-42-29(21)24(34)13-22(17)28-23-14-25(19-9-10-35-26(12-19)37-20-15-41-16-20)38(6)31(23)36-18(2)27(28)30(32(39)40)43-33(3,4)5/h9-10,12-14,20,30H,7-8,11,15-16H2,1-6H3,(H,35,37)(H,39,40). The predicted molar refractivity (Wildman–Crippen MR) is 162 cm³/mol. The Balaban J connectivity index is 1.63. The number of hydrogen-bond donors (Lipinski definition) is 2. The molecule has 1 aromatic carbocycles. The SMILES string of the molecule is Cc1nc2c(cc(-c3ccnc(NC4COC4)c3)n2C)c(-c2cc(F)c3c(c2C)CCCO3)c1C(OC(C)(C)C)C(=O)O. The average Bonchev–Trinajstić information content (AvgIpc) is 3.26. The van der Waals surface area contributed by atoms with Crippen molar-refractivity contribution in [2.24, 2.45) is 7.05 Å². The summed E-state index contributed by atoms with van der Waals surface area (Å²) in [6, 6.07) is 7.58. The summed E-state index contributed by atoms with van der Waals surface area (Å²) in [4.78, 5) is 22.2. The minimum atomic E-state index is -1.33. The molecule has 0 aliphatic carbocycles. The second-order valence-corrected chi connectivity index (χ2v) is 12.4. The van der Waals surface area contributed by atoms with Crippen molar-refractivity contribution in [2.75, 3.05) is 25.1 Å². The van der Waals surface area contributed by atoms with E-state index < -0.39 is 23.5 Å². The monoisotopic (exact) mass is 588 g/mol. The molecule has 2 N–H and O–H groups in total. The van der Waals surface area contributed by atoms with E-state index in [2.05, 4.69) is 10.3 Å². The fraction of sp³-hybridized carbons (Fsp3) is 0.424. The summed E-state index contributed by atoms with van der Waals surface area (Å²) in [6.07, 6.45) is 1.88. The Kier molecular flexibility index (Phi) is 7.38. The van der Waals surface area contributed by atoms with Crippen molar-refractivity contribution in [3.63, 3.8) is 0 Å². The molecule has 1 saturated heterocycles. The third kappa shape index (κ3) is 5.34. The van der Waals surface area contributed by atoms with Crippen LogP contribution in [0.4, 0.5) is 10.2 Å². The van der Waals surface area contributed by atoms with Crippen molar-refractivity contribution in [2.45, 2.75) is 65.2 Å². The summed E-state index contributed by atoms with van der Waals surface area (Å²) in [7, 11) is 1.93. The molecule has 0 saturated carbocycles. The molecule has 10 heteroatoms. The first-order chi connectivity index (χ1) is 20.4. The molecule has 1 unspecified atom stereocenters. The first kappa shape index (κ1) is 29.1. The molecular weight excluding hydrogens is 551 g/mol. The Morgan fingerprint density at radius 2 is 2.00 bits per heavy atom. The zero-order valence-electron chi connectivity index (χ0n) is 25.4. The van der Waals surface area contributed by atoms with Crippen LogP contribution in [0.15, 0.2) is 30.5 Å². The van der Waals surface area contributed by atoms with Crippen molar-refractivity contribution in [1.29, 1.82) is 0 Å². The van der Waals surface area contributed by atoms with Crippen molar-refractivity contribution >= 4 is 22.8 Å². The number of hydrogen-bond acceptors (Lipinski definition) is 7. The van der Waals surface area contributed by atoms with E-state index in [0.29, 0.717) is 59.7 Å². The molecule has 226 valence electrons. The number of carbonyl (C=O) groups is 1. The summed E-state index contributed by atoms with van der Waals surface area (Å²) >= 11 is 0. The minimum absolute atomic E-state index is 0.218. The summed E-state index contributed by atoms with van der Waals surface area (Å²) in [5.74, 6) is -0.591. The second kappa shape index (κ2) is 10.9. The van der Waals surface area contributed by atoms with E-state index >= 15 is 4.39 Å². The topological polar surface area (TPSA) is 108 Å². The van der Waals surface area contributed by atoms with E-state index in [1.54, 1.807) is 13.1 Å². The van der Waals surface area contributed by atoms with Gasteiger partial charge in [0.1, 0.15) is 11.5 Å².